The lowest BCUT2D eigenvalue weighted by Crippen LogP contribution is -1.94. The molecule has 0 radical (unpaired) electrons. The van der Waals surface area contributed by atoms with Gasteiger partial charge in [-0.15, -0.1) is 0 Å². The summed E-state index contributed by atoms with van der Waals surface area (Å²) in [5.41, 5.74) is 0.953. The van der Waals surface area contributed by atoms with Gasteiger partial charge in [0.25, 0.3) is 0 Å². The molecule has 0 bridgehead atoms. The van der Waals surface area contributed by atoms with Crippen LogP contribution in [0.4, 0.5) is 0 Å². The quantitative estimate of drug-likeness (QED) is 0.741. The van der Waals surface area contributed by atoms with Crippen LogP contribution in [0, 0.1) is 0 Å². The average Bonchev–Trinajstić information content (AvgIpc) is 2.56. The lowest BCUT2D eigenvalue weighted by Gasteiger charge is -1.99. The summed E-state index contributed by atoms with van der Waals surface area (Å²) in [6.45, 7) is 0. The van der Waals surface area contributed by atoms with E-state index in [-0.39, 0.29) is 0 Å². The zero-order valence-corrected chi connectivity index (χ0v) is 7.77. The monoisotopic (exact) mass is 223 g/mol. The van der Waals surface area contributed by atoms with Crippen molar-refractivity contribution < 1.29 is 0 Å². The van der Waals surface area contributed by atoms with E-state index in [1.807, 2.05) is 18.3 Å². The molecule has 2 aromatic heterocycles. The van der Waals surface area contributed by atoms with E-state index in [2.05, 4.69) is 26.0 Å². The van der Waals surface area contributed by atoms with E-state index in [1.54, 1.807) is 23.3 Å². The van der Waals surface area contributed by atoms with Crippen LogP contribution < -0.4 is 0 Å². The molecule has 0 aliphatic heterocycles. The van der Waals surface area contributed by atoms with Crippen LogP contribution in [0.1, 0.15) is 0 Å². The predicted octanol–water partition coefficient (Wildman–Crippen LogP) is 2.03. The second-order valence-corrected chi connectivity index (χ2v) is 3.23. The minimum Gasteiger partial charge on any atom is -0.261 e. The number of rotatable bonds is 1. The number of halogens is 1. The molecule has 2 rings (SSSR count). The summed E-state index contributed by atoms with van der Waals surface area (Å²) >= 11 is 3.34. The lowest BCUT2D eigenvalue weighted by atomic mass is 10.4. The molecule has 2 aromatic rings. The average molecular weight is 224 g/mol. The maximum absolute atomic E-state index is 4.08. The Morgan fingerprint density at radius 3 is 2.92 bits per heavy atom. The van der Waals surface area contributed by atoms with Crippen LogP contribution in [0.3, 0.4) is 0 Å². The Hall–Kier alpha value is -1.16. The Labute approximate surface area is 78.2 Å². The van der Waals surface area contributed by atoms with Crippen molar-refractivity contribution in [1.82, 2.24) is 14.8 Å². The van der Waals surface area contributed by atoms with Gasteiger partial charge >= 0.3 is 0 Å². The van der Waals surface area contributed by atoms with Crippen molar-refractivity contribution >= 4 is 15.9 Å². The summed E-state index contributed by atoms with van der Waals surface area (Å²) in [4.78, 5) is 4.03. The highest BCUT2D eigenvalue weighted by molar-refractivity contribution is 9.10. The minimum atomic E-state index is 0.953. The smallest absolute Gasteiger partial charge is 0.0839 e. The molecule has 0 N–H and O–H groups in total. The normalized spacial score (nSPS) is 10.1. The molecule has 60 valence electrons. The molecule has 12 heavy (non-hydrogen) atoms. The molecular weight excluding hydrogens is 218 g/mol. The number of aromatic nitrogens is 3. The molecule has 0 aromatic carbocycles. The van der Waals surface area contributed by atoms with Crippen LogP contribution in [0.2, 0.25) is 0 Å². The van der Waals surface area contributed by atoms with Gasteiger partial charge in [0, 0.05) is 23.1 Å². The Kier molecular flexibility index (Phi) is 1.91. The third-order valence-electron chi connectivity index (χ3n) is 1.46. The molecule has 4 heteroatoms. The van der Waals surface area contributed by atoms with Crippen molar-refractivity contribution in [3.05, 3.63) is 41.4 Å². The standard InChI is InChI=1S/C8H6BrN3/c9-7-4-8(6-10-5-7)12-3-1-2-11-12/h1-6H. The predicted molar refractivity (Wildman–Crippen MR) is 49.1 cm³/mol. The third kappa shape index (κ3) is 1.38. The number of nitrogens with zero attached hydrogens (tertiary/aromatic N) is 3. The Bertz CT molecular complexity index is 370. The number of hydrogen-bond donors (Lipinski definition) is 0. The summed E-state index contributed by atoms with van der Waals surface area (Å²) in [7, 11) is 0. The van der Waals surface area contributed by atoms with E-state index < -0.39 is 0 Å². The van der Waals surface area contributed by atoms with Gasteiger partial charge in [-0.05, 0) is 28.1 Å². The molecule has 3 nitrogen and oxygen atoms in total. The maximum Gasteiger partial charge on any atom is 0.0839 e. The first-order valence-corrected chi connectivity index (χ1v) is 4.26. The molecule has 0 saturated heterocycles. The van der Waals surface area contributed by atoms with Crippen molar-refractivity contribution in [2.24, 2.45) is 0 Å². The second-order valence-electron chi connectivity index (χ2n) is 2.31. The number of hydrogen-bond acceptors (Lipinski definition) is 2. The highest BCUT2D eigenvalue weighted by Crippen LogP contribution is 2.11. The van der Waals surface area contributed by atoms with Gasteiger partial charge in [-0.1, -0.05) is 0 Å². The molecule has 2 heterocycles. The van der Waals surface area contributed by atoms with E-state index in [0.717, 1.165) is 10.2 Å². The van der Waals surface area contributed by atoms with Crippen LogP contribution in [-0.4, -0.2) is 14.8 Å². The summed E-state index contributed by atoms with van der Waals surface area (Å²) < 4.78 is 2.72. The van der Waals surface area contributed by atoms with Gasteiger partial charge in [0.1, 0.15) is 0 Å². The van der Waals surface area contributed by atoms with Crippen LogP contribution in [-0.2, 0) is 0 Å². The zero-order valence-electron chi connectivity index (χ0n) is 6.18. The van der Waals surface area contributed by atoms with Crippen molar-refractivity contribution in [1.29, 1.82) is 0 Å². The third-order valence-corrected chi connectivity index (χ3v) is 1.89. The first-order chi connectivity index (χ1) is 5.86. The highest BCUT2D eigenvalue weighted by atomic mass is 79.9. The van der Waals surface area contributed by atoms with Crippen molar-refractivity contribution in [2.45, 2.75) is 0 Å². The fraction of sp³-hybridized carbons (Fsp3) is 0. The van der Waals surface area contributed by atoms with Crippen LogP contribution in [0.25, 0.3) is 5.69 Å². The minimum absolute atomic E-state index is 0.953. The van der Waals surface area contributed by atoms with E-state index in [0.29, 0.717) is 0 Å². The maximum atomic E-state index is 4.08. The van der Waals surface area contributed by atoms with Gasteiger partial charge < -0.3 is 0 Å². The fourth-order valence-electron chi connectivity index (χ4n) is 0.947. The summed E-state index contributed by atoms with van der Waals surface area (Å²) in [5, 5.41) is 4.08. The van der Waals surface area contributed by atoms with Gasteiger partial charge in [0.05, 0.1) is 11.9 Å². The summed E-state index contributed by atoms with van der Waals surface area (Å²) in [6, 6.07) is 3.83. The van der Waals surface area contributed by atoms with Crippen molar-refractivity contribution in [3.8, 4) is 5.69 Å². The highest BCUT2D eigenvalue weighted by Gasteiger charge is 1.95. The van der Waals surface area contributed by atoms with Crippen LogP contribution in [0.5, 0.6) is 0 Å². The lowest BCUT2D eigenvalue weighted by molar-refractivity contribution is 0.873. The van der Waals surface area contributed by atoms with Gasteiger partial charge in [-0.25, -0.2) is 4.68 Å². The van der Waals surface area contributed by atoms with Gasteiger partial charge in [-0.2, -0.15) is 5.10 Å². The van der Waals surface area contributed by atoms with E-state index in [1.165, 1.54) is 0 Å². The van der Waals surface area contributed by atoms with E-state index in [9.17, 15) is 0 Å². The largest absolute Gasteiger partial charge is 0.261 e. The van der Waals surface area contributed by atoms with Crippen molar-refractivity contribution in [3.63, 3.8) is 0 Å². The molecule has 0 amide bonds. The molecular formula is C8H6BrN3. The Morgan fingerprint density at radius 1 is 1.33 bits per heavy atom. The number of pyridine rings is 1. The Balaban J connectivity index is 2.48. The molecule has 0 atom stereocenters. The molecule has 0 spiro atoms. The molecule has 0 fully saturated rings. The SMILES string of the molecule is Brc1cncc(-n2cccn2)c1. The Morgan fingerprint density at radius 2 is 2.25 bits per heavy atom. The van der Waals surface area contributed by atoms with Gasteiger partial charge in [-0.3, -0.25) is 4.98 Å². The zero-order chi connectivity index (χ0) is 8.39. The summed E-state index contributed by atoms with van der Waals surface area (Å²) in [5.74, 6) is 0. The fourth-order valence-corrected chi connectivity index (χ4v) is 1.30. The topological polar surface area (TPSA) is 30.7 Å². The molecule has 0 saturated carbocycles. The van der Waals surface area contributed by atoms with E-state index >= 15 is 0 Å². The molecule has 0 aliphatic rings. The van der Waals surface area contributed by atoms with Gasteiger partial charge in [0.15, 0.2) is 0 Å². The summed E-state index contributed by atoms with van der Waals surface area (Å²) in [6.07, 6.45) is 7.12. The first-order valence-electron chi connectivity index (χ1n) is 3.47. The molecule has 0 unspecified atom stereocenters. The second kappa shape index (κ2) is 3.06. The van der Waals surface area contributed by atoms with E-state index in [4.69, 9.17) is 0 Å². The first kappa shape index (κ1) is 7.49. The van der Waals surface area contributed by atoms with Gasteiger partial charge in [0.2, 0.25) is 0 Å². The van der Waals surface area contributed by atoms with Crippen LogP contribution >= 0.6 is 15.9 Å². The van der Waals surface area contributed by atoms with Crippen LogP contribution in [0.15, 0.2) is 41.4 Å². The van der Waals surface area contributed by atoms with Crippen molar-refractivity contribution in [2.75, 3.05) is 0 Å². The molecule has 0 aliphatic carbocycles.